The Labute approximate surface area is 216 Å². The number of aromatic nitrogens is 5. The number of ketones is 1. The minimum atomic E-state index is -0.571. The summed E-state index contributed by atoms with van der Waals surface area (Å²) in [6, 6.07) is 1.86. The lowest BCUT2D eigenvalue weighted by Crippen LogP contribution is -2.19. The summed E-state index contributed by atoms with van der Waals surface area (Å²) in [4.78, 5) is 37.8. The minimum Gasteiger partial charge on any atom is -0.462 e. The number of Topliss-reactive ketones (excluding diaryl/α,β-unsaturated/α-hetero) is 1. The number of aryl methyl sites for hydroxylation is 1. The maximum atomic E-state index is 12.9. The number of thioether (sulfide) groups is 1. The van der Waals surface area contributed by atoms with Crippen molar-refractivity contribution in [2.45, 2.75) is 51.4 Å². The van der Waals surface area contributed by atoms with Crippen LogP contribution in [0, 0.1) is 6.92 Å². The quantitative estimate of drug-likeness (QED) is 0.237. The minimum absolute atomic E-state index is 0.0283. The van der Waals surface area contributed by atoms with Crippen molar-refractivity contribution < 1.29 is 23.9 Å². The standard InChI is InChI=1S/C23H28N6O5S2/c1-5-33-22(32)18-13(2)19(14(3)30)36-21(18)24-17(31)12-35-23-26-25-20(16-8-9-28(4)27-16)29(23)11-15-7-6-10-34-15/h8-9,15H,5-7,10-12H2,1-4H3,(H,24,31)/t15-/m0/s1. The summed E-state index contributed by atoms with van der Waals surface area (Å²) in [7, 11) is 1.83. The molecule has 3 aromatic heterocycles. The Kier molecular flexibility index (Phi) is 8.21. The molecule has 11 nitrogen and oxygen atoms in total. The number of ether oxygens (including phenoxy) is 2. The lowest BCUT2D eigenvalue weighted by atomic mass is 10.1. The Bertz CT molecular complexity index is 1270. The molecule has 1 N–H and O–H groups in total. The summed E-state index contributed by atoms with van der Waals surface area (Å²) in [5.74, 6) is -0.452. The third-order valence-corrected chi connectivity index (χ3v) is 7.88. The first kappa shape index (κ1) is 26.0. The van der Waals surface area contributed by atoms with Gasteiger partial charge < -0.3 is 14.8 Å². The van der Waals surface area contributed by atoms with Gasteiger partial charge in [0, 0.05) is 19.9 Å². The van der Waals surface area contributed by atoms with Gasteiger partial charge in [-0.05, 0) is 45.2 Å². The lowest BCUT2D eigenvalue weighted by molar-refractivity contribution is -0.113. The van der Waals surface area contributed by atoms with Crippen LogP contribution in [0.1, 0.15) is 52.3 Å². The molecule has 13 heteroatoms. The maximum Gasteiger partial charge on any atom is 0.341 e. The number of nitrogens with one attached hydrogen (secondary N) is 1. The van der Waals surface area contributed by atoms with E-state index >= 15 is 0 Å². The van der Waals surface area contributed by atoms with E-state index in [0.717, 1.165) is 30.8 Å². The molecule has 1 aliphatic rings. The SMILES string of the molecule is CCOC(=O)c1c(NC(=O)CSc2nnc(-c3ccn(C)n3)n2C[C@@H]2CCCO2)sc(C(C)=O)c1C. The third kappa shape index (κ3) is 5.68. The summed E-state index contributed by atoms with van der Waals surface area (Å²) in [5.41, 5.74) is 1.40. The molecule has 1 amide bonds. The number of hydrogen-bond acceptors (Lipinski definition) is 10. The summed E-state index contributed by atoms with van der Waals surface area (Å²) < 4.78 is 14.6. The van der Waals surface area contributed by atoms with Crippen LogP contribution in [0.25, 0.3) is 11.5 Å². The molecule has 1 fully saturated rings. The van der Waals surface area contributed by atoms with Crippen molar-refractivity contribution in [3.63, 3.8) is 0 Å². The van der Waals surface area contributed by atoms with Gasteiger partial charge in [-0.2, -0.15) is 5.10 Å². The van der Waals surface area contributed by atoms with Crippen LogP contribution in [0.15, 0.2) is 17.4 Å². The summed E-state index contributed by atoms with van der Waals surface area (Å²) in [6.07, 6.45) is 3.82. The molecule has 0 radical (unpaired) electrons. The summed E-state index contributed by atoms with van der Waals surface area (Å²) in [5, 5.41) is 16.7. The molecule has 0 aromatic carbocycles. The number of anilines is 1. The van der Waals surface area contributed by atoms with Gasteiger partial charge in [-0.3, -0.25) is 18.8 Å². The zero-order valence-corrected chi connectivity index (χ0v) is 22.2. The number of thiophene rings is 1. The zero-order valence-electron chi connectivity index (χ0n) is 20.6. The van der Waals surface area contributed by atoms with Gasteiger partial charge in [-0.15, -0.1) is 21.5 Å². The van der Waals surface area contributed by atoms with Crippen LogP contribution in [-0.4, -0.2) is 67.3 Å². The van der Waals surface area contributed by atoms with Crippen LogP contribution in [0.4, 0.5) is 5.00 Å². The van der Waals surface area contributed by atoms with E-state index in [9.17, 15) is 14.4 Å². The first-order valence-electron chi connectivity index (χ1n) is 11.6. The van der Waals surface area contributed by atoms with E-state index in [4.69, 9.17) is 9.47 Å². The van der Waals surface area contributed by atoms with Crippen LogP contribution >= 0.6 is 23.1 Å². The molecule has 0 aliphatic carbocycles. The molecule has 0 unspecified atom stereocenters. The number of amides is 1. The molecule has 1 atom stereocenters. The van der Waals surface area contributed by atoms with Crippen molar-refractivity contribution in [1.82, 2.24) is 24.5 Å². The molecule has 36 heavy (non-hydrogen) atoms. The second-order valence-corrected chi connectivity index (χ2v) is 10.3. The Morgan fingerprint density at radius 3 is 2.78 bits per heavy atom. The van der Waals surface area contributed by atoms with Crippen molar-refractivity contribution in [1.29, 1.82) is 0 Å². The van der Waals surface area contributed by atoms with Crippen molar-refractivity contribution >= 4 is 45.8 Å². The van der Waals surface area contributed by atoms with Gasteiger partial charge in [0.1, 0.15) is 10.7 Å². The highest BCUT2D eigenvalue weighted by atomic mass is 32.2. The Balaban J connectivity index is 1.52. The topological polar surface area (TPSA) is 130 Å². The normalized spacial score (nSPS) is 15.3. The number of esters is 1. The van der Waals surface area contributed by atoms with Gasteiger partial charge in [0.25, 0.3) is 0 Å². The zero-order chi connectivity index (χ0) is 25.8. The number of hydrogen-bond donors (Lipinski definition) is 1. The molecule has 0 spiro atoms. The van der Waals surface area contributed by atoms with E-state index in [1.807, 2.05) is 23.9 Å². The monoisotopic (exact) mass is 532 g/mol. The molecule has 3 aromatic rings. The average molecular weight is 533 g/mol. The molecule has 192 valence electrons. The van der Waals surface area contributed by atoms with Gasteiger partial charge in [-0.1, -0.05) is 11.8 Å². The van der Waals surface area contributed by atoms with Gasteiger partial charge in [0.15, 0.2) is 16.8 Å². The number of carbonyl (C=O) groups is 3. The molecular formula is C23H28N6O5S2. The smallest absolute Gasteiger partial charge is 0.341 e. The Morgan fingerprint density at radius 2 is 2.14 bits per heavy atom. The van der Waals surface area contributed by atoms with Crippen molar-refractivity contribution in [3.05, 3.63) is 28.3 Å². The van der Waals surface area contributed by atoms with Gasteiger partial charge in [0.05, 0.1) is 35.4 Å². The van der Waals surface area contributed by atoms with Gasteiger partial charge in [-0.25, -0.2) is 4.79 Å². The number of nitrogens with zero attached hydrogens (tertiary/aromatic N) is 5. The maximum absolute atomic E-state index is 12.9. The van der Waals surface area contributed by atoms with E-state index < -0.39 is 5.97 Å². The highest BCUT2D eigenvalue weighted by Crippen LogP contribution is 2.34. The van der Waals surface area contributed by atoms with E-state index in [0.29, 0.717) is 38.7 Å². The fourth-order valence-corrected chi connectivity index (χ4v) is 5.81. The van der Waals surface area contributed by atoms with Crippen LogP contribution in [0.5, 0.6) is 0 Å². The average Bonchev–Trinajstić information content (AvgIpc) is 3.61. The van der Waals surface area contributed by atoms with Crippen LogP contribution < -0.4 is 5.32 Å². The van der Waals surface area contributed by atoms with Crippen LogP contribution in [0.2, 0.25) is 0 Å². The number of rotatable bonds is 10. The molecule has 1 saturated heterocycles. The van der Waals surface area contributed by atoms with E-state index in [1.54, 1.807) is 18.5 Å². The Morgan fingerprint density at radius 1 is 1.33 bits per heavy atom. The number of carbonyl (C=O) groups excluding carboxylic acids is 3. The van der Waals surface area contributed by atoms with Crippen LogP contribution in [0.3, 0.4) is 0 Å². The first-order valence-corrected chi connectivity index (χ1v) is 13.4. The fraction of sp³-hybridized carbons (Fsp3) is 0.478. The van der Waals surface area contributed by atoms with Gasteiger partial charge >= 0.3 is 5.97 Å². The lowest BCUT2D eigenvalue weighted by Gasteiger charge is -2.14. The second-order valence-electron chi connectivity index (χ2n) is 8.30. The highest BCUT2D eigenvalue weighted by molar-refractivity contribution is 7.99. The van der Waals surface area contributed by atoms with Crippen molar-refractivity contribution in [2.24, 2.45) is 7.05 Å². The second kappa shape index (κ2) is 11.4. The summed E-state index contributed by atoms with van der Waals surface area (Å²) in [6.45, 7) is 6.27. The molecule has 4 rings (SSSR count). The summed E-state index contributed by atoms with van der Waals surface area (Å²) >= 11 is 2.31. The first-order chi connectivity index (χ1) is 17.3. The molecular weight excluding hydrogens is 504 g/mol. The predicted molar refractivity (Wildman–Crippen MR) is 136 cm³/mol. The highest BCUT2D eigenvalue weighted by Gasteiger charge is 2.26. The van der Waals surface area contributed by atoms with Crippen molar-refractivity contribution in [3.8, 4) is 11.5 Å². The largest absolute Gasteiger partial charge is 0.462 e. The van der Waals surface area contributed by atoms with E-state index in [1.165, 1.54) is 18.7 Å². The van der Waals surface area contributed by atoms with Crippen molar-refractivity contribution in [2.75, 3.05) is 24.3 Å². The third-order valence-electron chi connectivity index (χ3n) is 5.60. The Hall–Kier alpha value is -3.03. The van der Waals surface area contributed by atoms with Gasteiger partial charge in [0.2, 0.25) is 5.91 Å². The fourth-order valence-electron chi connectivity index (χ4n) is 3.96. The molecule has 1 aliphatic heterocycles. The van der Waals surface area contributed by atoms with Crippen LogP contribution in [-0.2, 0) is 27.9 Å². The molecule has 0 saturated carbocycles. The molecule has 4 heterocycles. The predicted octanol–water partition coefficient (Wildman–Crippen LogP) is 3.34. The van der Waals surface area contributed by atoms with E-state index in [-0.39, 0.29) is 35.7 Å². The van der Waals surface area contributed by atoms with E-state index in [2.05, 4.69) is 20.6 Å². The molecule has 0 bridgehead atoms.